The SMILES string of the molecule is CCCNC(=O)N1CCC2(CC1)CC(N1CCN(c3ccccc3)CC1)CCO2. The fourth-order valence-corrected chi connectivity index (χ4v) is 5.11. The van der Waals surface area contributed by atoms with E-state index in [9.17, 15) is 4.79 Å². The third-order valence-electron chi connectivity index (χ3n) is 6.91. The molecule has 0 aliphatic carbocycles. The summed E-state index contributed by atoms with van der Waals surface area (Å²) < 4.78 is 6.33. The second-order valence-electron chi connectivity index (χ2n) is 8.76. The van der Waals surface area contributed by atoms with Crippen molar-refractivity contribution >= 4 is 11.7 Å². The highest BCUT2D eigenvalue weighted by Gasteiger charge is 2.42. The molecule has 0 radical (unpaired) electrons. The number of carbonyl (C=O) groups excluding carboxylic acids is 1. The first-order valence-electron chi connectivity index (χ1n) is 11.4. The fraction of sp³-hybridized carbons (Fsp3) is 0.696. The maximum Gasteiger partial charge on any atom is 0.317 e. The number of nitrogens with one attached hydrogen (secondary N) is 1. The first-order chi connectivity index (χ1) is 14.2. The van der Waals surface area contributed by atoms with Crippen molar-refractivity contribution in [2.45, 2.75) is 50.7 Å². The van der Waals surface area contributed by atoms with Crippen LogP contribution in [-0.2, 0) is 4.74 Å². The molecule has 1 unspecified atom stereocenters. The average molecular weight is 401 g/mol. The van der Waals surface area contributed by atoms with Crippen molar-refractivity contribution in [1.82, 2.24) is 15.1 Å². The van der Waals surface area contributed by atoms with E-state index < -0.39 is 0 Å². The van der Waals surface area contributed by atoms with Gasteiger partial charge < -0.3 is 19.9 Å². The van der Waals surface area contributed by atoms with E-state index in [2.05, 4.69) is 52.4 Å². The second-order valence-corrected chi connectivity index (χ2v) is 8.76. The van der Waals surface area contributed by atoms with Crippen molar-refractivity contribution in [2.24, 2.45) is 0 Å². The number of amides is 2. The Hall–Kier alpha value is -1.79. The van der Waals surface area contributed by atoms with Gasteiger partial charge in [-0.25, -0.2) is 4.79 Å². The molecule has 3 aliphatic heterocycles. The normalized spacial score (nSPS) is 25.2. The molecule has 0 aromatic heterocycles. The number of hydrogen-bond donors (Lipinski definition) is 1. The number of likely N-dealkylation sites (tertiary alicyclic amines) is 1. The van der Waals surface area contributed by atoms with Gasteiger partial charge in [0.2, 0.25) is 0 Å². The van der Waals surface area contributed by atoms with Gasteiger partial charge in [0, 0.05) is 64.1 Å². The van der Waals surface area contributed by atoms with Gasteiger partial charge in [-0.05, 0) is 44.2 Å². The molecule has 3 heterocycles. The molecule has 1 spiro atoms. The molecule has 2 amide bonds. The highest BCUT2D eigenvalue weighted by Crippen LogP contribution is 2.37. The first-order valence-corrected chi connectivity index (χ1v) is 11.4. The van der Waals surface area contributed by atoms with Crippen LogP contribution in [0.1, 0.15) is 39.0 Å². The molecule has 3 aliphatic rings. The number of piperidine rings is 1. The van der Waals surface area contributed by atoms with Gasteiger partial charge in [0.05, 0.1) is 5.60 Å². The molecular weight excluding hydrogens is 364 g/mol. The molecule has 1 aromatic carbocycles. The molecule has 29 heavy (non-hydrogen) atoms. The predicted molar refractivity (Wildman–Crippen MR) is 116 cm³/mol. The van der Waals surface area contributed by atoms with E-state index in [1.807, 2.05) is 4.90 Å². The van der Waals surface area contributed by atoms with Gasteiger partial charge in [0.25, 0.3) is 0 Å². The number of urea groups is 1. The molecule has 6 heteroatoms. The van der Waals surface area contributed by atoms with Crippen LogP contribution < -0.4 is 10.2 Å². The van der Waals surface area contributed by atoms with Crippen molar-refractivity contribution in [3.8, 4) is 0 Å². The van der Waals surface area contributed by atoms with Gasteiger partial charge in [0.1, 0.15) is 0 Å². The third-order valence-corrected chi connectivity index (χ3v) is 6.91. The van der Waals surface area contributed by atoms with Crippen LogP contribution in [0.5, 0.6) is 0 Å². The molecule has 3 saturated heterocycles. The summed E-state index contributed by atoms with van der Waals surface area (Å²) in [5.74, 6) is 0. The molecule has 0 bridgehead atoms. The van der Waals surface area contributed by atoms with E-state index in [1.165, 1.54) is 5.69 Å². The Labute approximate surface area is 175 Å². The van der Waals surface area contributed by atoms with Gasteiger partial charge in [-0.1, -0.05) is 25.1 Å². The number of nitrogens with zero attached hydrogens (tertiary/aromatic N) is 3. The number of para-hydroxylation sites is 1. The summed E-state index contributed by atoms with van der Waals surface area (Å²) in [6, 6.07) is 11.5. The number of anilines is 1. The molecule has 4 rings (SSSR count). The van der Waals surface area contributed by atoms with Crippen LogP contribution >= 0.6 is 0 Å². The molecule has 1 atom stereocenters. The molecule has 160 valence electrons. The van der Waals surface area contributed by atoms with E-state index in [0.29, 0.717) is 6.04 Å². The molecule has 3 fully saturated rings. The monoisotopic (exact) mass is 400 g/mol. The lowest BCUT2D eigenvalue weighted by Crippen LogP contribution is -2.58. The Bertz CT molecular complexity index is 652. The lowest BCUT2D eigenvalue weighted by molar-refractivity contribution is -0.129. The zero-order valence-electron chi connectivity index (χ0n) is 17.8. The van der Waals surface area contributed by atoms with Crippen LogP contribution in [0.2, 0.25) is 0 Å². The third kappa shape index (κ3) is 4.86. The van der Waals surface area contributed by atoms with Crippen molar-refractivity contribution < 1.29 is 9.53 Å². The van der Waals surface area contributed by atoms with Crippen LogP contribution in [0.4, 0.5) is 10.5 Å². The molecule has 6 nitrogen and oxygen atoms in total. The first kappa shape index (κ1) is 20.5. The number of benzene rings is 1. The summed E-state index contributed by atoms with van der Waals surface area (Å²) in [7, 11) is 0. The quantitative estimate of drug-likeness (QED) is 0.844. The Kier molecular flexibility index (Phi) is 6.60. The van der Waals surface area contributed by atoms with Gasteiger partial charge in [-0.15, -0.1) is 0 Å². The van der Waals surface area contributed by atoms with E-state index in [-0.39, 0.29) is 11.6 Å². The zero-order valence-corrected chi connectivity index (χ0v) is 17.8. The summed E-state index contributed by atoms with van der Waals surface area (Å²) in [5.41, 5.74) is 1.31. The standard InChI is InChI=1S/C23H36N4O2/c1-2-11-24-22(28)27-12-9-23(10-13-27)19-21(8-18-29-23)26-16-14-25(15-17-26)20-6-4-3-5-7-20/h3-7,21H,2,8-19H2,1H3,(H,24,28). The van der Waals surface area contributed by atoms with Crippen molar-refractivity contribution in [1.29, 1.82) is 0 Å². The lowest BCUT2D eigenvalue weighted by Gasteiger charge is -2.49. The minimum absolute atomic E-state index is 0.0268. The smallest absolute Gasteiger partial charge is 0.317 e. The number of carbonyl (C=O) groups is 1. The predicted octanol–water partition coefficient (Wildman–Crippen LogP) is 2.94. The zero-order chi connectivity index (χ0) is 20.1. The van der Waals surface area contributed by atoms with Gasteiger partial charge in [-0.2, -0.15) is 0 Å². The maximum atomic E-state index is 12.2. The molecule has 0 saturated carbocycles. The van der Waals surface area contributed by atoms with Crippen LogP contribution in [0.25, 0.3) is 0 Å². The van der Waals surface area contributed by atoms with Crippen molar-refractivity contribution in [3.05, 3.63) is 30.3 Å². The number of ether oxygens (including phenoxy) is 1. The molecule has 1 N–H and O–H groups in total. The van der Waals surface area contributed by atoms with Gasteiger partial charge in [-0.3, -0.25) is 4.90 Å². The summed E-state index contributed by atoms with van der Waals surface area (Å²) in [6.45, 7) is 9.76. The minimum atomic E-state index is -0.0268. The van der Waals surface area contributed by atoms with E-state index in [0.717, 1.165) is 84.5 Å². The average Bonchev–Trinajstić information content (AvgIpc) is 2.79. The Morgan fingerprint density at radius 3 is 2.52 bits per heavy atom. The largest absolute Gasteiger partial charge is 0.375 e. The Morgan fingerprint density at radius 2 is 1.83 bits per heavy atom. The topological polar surface area (TPSA) is 48.1 Å². The Balaban J connectivity index is 1.28. The number of hydrogen-bond acceptors (Lipinski definition) is 4. The van der Waals surface area contributed by atoms with Crippen LogP contribution in [0.15, 0.2) is 30.3 Å². The number of piperazine rings is 1. The Morgan fingerprint density at radius 1 is 1.10 bits per heavy atom. The second kappa shape index (κ2) is 9.35. The van der Waals surface area contributed by atoms with Crippen molar-refractivity contribution in [3.63, 3.8) is 0 Å². The lowest BCUT2D eigenvalue weighted by atomic mass is 9.81. The number of rotatable bonds is 4. The summed E-state index contributed by atoms with van der Waals surface area (Å²) in [4.78, 5) is 19.4. The molecular formula is C23H36N4O2. The van der Waals surface area contributed by atoms with Gasteiger partial charge in [0.15, 0.2) is 0 Å². The highest BCUT2D eigenvalue weighted by atomic mass is 16.5. The van der Waals surface area contributed by atoms with Crippen molar-refractivity contribution in [2.75, 3.05) is 57.3 Å². The summed E-state index contributed by atoms with van der Waals surface area (Å²) in [5, 5.41) is 3.00. The van der Waals surface area contributed by atoms with Crippen LogP contribution in [0, 0.1) is 0 Å². The molecule has 1 aromatic rings. The van der Waals surface area contributed by atoms with Crippen LogP contribution in [-0.4, -0.2) is 79.9 Å². The summed E-state index contributed by atoms with van der Waals surface area (Å²) >= 11 is 0. The minimum Gasteiger partial charge on any atom is -0.375 e. The van der Waals surface area contributed by atoms with E-state index in [1.54, 1.807) is 0 Å². The summed E-state index contributed by atoms with van der Waals surface area (Å²) in [6.07, 6.45) is 5.16. The maximum absolute atomic E-state index is 12.2. The van der Waals surface area contributed by atoms with Crippen LogP contribution in [0.3, 0.4) is 0 Å². The van der Waals surface area contributed by atoms with Gasteiger partial charge >= 0.3 is 6.03 Å². The highest BCUT2D eigenvalue weighted by molar-refractivity contribution is 5.74. The van der Waals surface area contributed by atoms with E-state index >= 15 is 0 Å². The van der Waals surface area contributed by atoms with E-state index in [4.69, 9.17) is 4.74 Å². The fourth-order valence-electron chi connectivity index (χ4n) is 5.11.